The topological polar surface area (TPSA) is 38.7 Å². The number of aromatic nitrogens is 3. The summed E-state index contributed by atoms with van der Waals surface area (Å²) in [4.78, 5) is 11.7. The molecule has 2 aliphatic carbocycles. The minimum absolute atomic E-state index is 0.0869. The van der Waals surface area contributed by atoms with E-state index in [2.05, 4.69) is 49.6 Å². The summed E-state index contributed by atoms with van der Waals surface area (Å²) in [6, 6.07) is 0. The summed E-state index contributed by atoms with van der Waals surface area (Å²) in [5.74, 6) is 1.03. The Balaban J connectivity index is 0.000000166. The Labute approximate surface area is 177 Å². The smallest absolute Gasteiger partial charge is 0.263 e. The Hall–Kier alpha value is -1.62. The number of alkyl halides is 2. The first kappa shape index (κ1) is 22.1. The normalized spacial score (nSPS) is 18.6. The van der Waals surface area contributed by atoms with Crippen molar-refractivity contribution in [2.24, 2.45) is 11.8 Å². The Kier molecular flexibility index (Phi) is 6.28. The molecular weight excluding hydrogens is 392 g/mol. The lowest BCUT2D eigenvalue weighted by atomic mass is 9.83. The molecule has 29 heavy (non-hydrogen) atoms. The Morgan fingerprint density at radius 3 is 1.93 bits per heavy atom. The van der Waals surface area contributed by atoms with Gasteiger partial charge >= 0.3 is 0 Å². The van der Waals surface area contributed by atoms with E-state index in [1.807, 2.05) is 6.20 Å². The maximum absolute atomic E-state index is 12.8. The molecule has 0 spiro atoms. The zero-order valence-corrected chi connectivity index (χ0v) is 18.6. The van der Waals surface area contributed by atoms with Crippen LogP contribution in [-0.2, 0) is 10.8 Å². The highest BCUT2D eigenvalue weighted by molar-refractivity contribution is 6.31. The Bertz CT molecular complexity index is 839. The van der Waals surface area contributed by atoms with E-state index in [1.54, 1.807) is 12.4 Å². The van der Waals surface area contributed by atoms with Crippen LogP contribution in [0.15, 0.2) is 24.9 Å². The van der Waals surface area contributed by atoms with Crippen LogP contribution in [0.4, 0.5) is 8.78 Å². The predicted molar refractivity (Wildman–Crippen MR) is 112 cm³/mol. The second-order valence-electron chi connectivity index (χ2n) is 9.06. The van der Waals surface area contributed by atoms with Crippen molar-refractivity contribution >= 4 is 11.6 Å². The van der Waals surface area contributed by atoms with Crippen molar-refractivity contribution in [2.75, 3.05) is 0 Å². The lowest BCUT2D eigenvalue weighted by molar-refractivity contribution is 0.143. The lowest BCUT2D eigenvalue weighted by Gasteiger charge is -2.23. The molecule has 6 heteroatoms. The van der Waals surface area contributed by atoms with E-state index in [0.717, 1.165) is 17.9 Å². The third-order valence-corrected chi connectivity index (χ3v) is 7.15. The van der Waals surface area contributed by atoms with Crippen molar-refractivity contribution < 1.29 is 8.78 Å². The highest BCUT2D eigenvalue weighted by Crippen LogP contribution is 2.56. The SMILES string of the molecule is CC(C)C1(c2cncnc2C(F)F)CC1.Cc1cncc(Cl)c1C1(C(C)C)CC1. The summed E-state index contributed by atoms with van der Waals surface area (Å²) < 4.78 is 25.5. The van der Waals surface area contributed by atoms with Crippen LogP contribution >= 0.6 is 11.6 Å². The maximum Gasteiger partial charge on any atom is 0.280 e. The van der Waals surface area contributed by atoms with Crippen molar-refractivity contribution in [1.82, 2.24) is 15.0 Å². The van der Waals surface area contributed by atoms with E-state index in [0.29, 0.717) is 22.8 Å². The first-order valence-electron chi connectivity index (χ1n) is 10.3. The number of rotatable bonds is 5. The lowest BCUT2D eigenvalue weighted by Crippen LogP contribution is -2.18. The second kappa shape index (κ2) is 8.25. The van der Waals surface area contributed by atoms with E-state index in [4.69, 9.17) is 11.6 Å². The number of halogens is 3. The highest BCUT2D eigenvalue weighted by Gasteiger charge is 2.50. The molecule has 4 rings (SSSR count). The molecule has 2 fully saturated rings. The first-order valence-corrected chi connectivity index (χ1v) is 10.7. The minimum atomic E-state index is -2.50. The van der Waals surface area contributed by atoms with Crippen LogP contribution < -0.4 is 0 Å². The van der Waals surface area contributed by atoms with Crippen molar-refractivity contribution in [3.63, 3.8) is 0 Å². The molecule has 0 saturated heterocycles. The van der Waals surface area contributed by atoms with Gasteiger partial charge < -0.3 is 0 Å². The molecule has 2 aromatic rings. The van der Waals surface area contributed by atoms with Crippen LogP contribution in [-0.4, -0.2) is 15.0 Å². The van der Waals surface area contributed by atoms with Crippen LogP contribution in [0.1, 0.15) is 82.2 Å². The summed E-state index contributed by atoms with van der Waals surface area (Å²) in [7, 11) is 0. The fourth-order valence-corrected chi connectivity index (χ4v) is 5.00. The monoisotopic (exact) mass is 421 g/mol. The zero-order chi connectivity index (χ0) is 21.4. The Morgan fingerprint density at radius 2 is 1.48 bits per heavy atom. The molecule has 2 aliphatic rings. The van der Waals surface area contributed by atoms with Crippen molar-refractivity contribution in [3.05, 3.63) is 52.3 Å². The Morgan fingerprint density at radius 1 is 0.897 bits per heavy atom. The molecule has 0 unspecified atom stereocenters. The quantitative estimate of drug-likeness (QED) is 0.530. The first-order chi connectivity index (χ1) is 13.7. The van der Waals surface area contributed by atoms with E-state index >= 15 is 0 Å². The molecule has 0 aliphatic heterocycles. The van der Waals surface area contributed by atoms with E-state index in [-0.39, 0.29) is 11.1 Å². The third kappa shape index (κ3) is 4.16. The van der Waals surface area contributed by atoms with Crippen LogP contribution in [0.3, 0.4) is 0 Å². The fourth-order valence-electron chi connectivity index (χ4n) is 4.60. The third-order valence-electron chi connectivity index (χ3n) is 6.86. The molecule has 2 aromatic heterocycles. The zero-order valence-electron chi connectivity index (χ0n) is 17.8. The van der Waals surface area contributed by atoms with Gasteiger partial charge in [-0.1, -0.05) is 39.3 Å². The van der Waals surface area contributed by atoms with Crippen molar-refractivity contribution in [1.29, 1.82) is 0 Å². The van der Waals surface area contributed by atoms with Gasteiger partial charge in [-0.3, -0.25) is 4.98 Å². The molecule has 0 N–H and O–H groups in total. The standard InChI is InChI=1S/C12H16ClN.C11H14F2N2/c1-8(2)12(4-5-12)11-9(3)6-14-7-10(11)13;1-7(2)11(3-4-11)8-5-14-6-15-9(8)10(12)13/h6-8H,4-5H2,1-3H3;5-7,10H,3-4H2,1-2H3. The molecule has 0 atom stereocenters. The van der Waals surface area contributed by atoms with Gasteiger partial charge in [0.05, 0.1) is 5.02 Å². The van der Waals surface area contributed by atoms with E-state index in [1.165, 1.54) is 30.3 Å². The molecule has 0 amide bonds. The van der Waals surface area contributed by atoms with Gasteiger partial charge in [0.1, 0.15) is 12.0 Å². The minimum Gasteiger partial charge on any atom is -0.263 e. The second-order valence-corrected chi connectivity index (χ2v) is 9.46. The predicted octanol–water partition coefficient (Wildman–Crippen LogP) is 6.83. The summed E-state index contributed by atoms with van der Waals surface area (Å²) in [6.45, 7) is 10.8. The van der Waals surface area contributed by atoms with Gasteiger partial charge in [0, 0.05) is 29.6 Å². The van der Waals surface area contributed by atoms with Crippen LogP contribution in [0.25, 0.3) is 0 Å². The number of pyridine rings is 1. The number of hydrogen-bond acceptors (Lipinski definition) is 3. The van der Waals surface area contributed by atoms with Crippen molar-refractivity contribution in [2.45, 2.75) is 77.6 Å². The summed E-state index contributed by atoms with van der Waals surface area (Å²) >= 11 is 6.24. The largest absolute Gasteiger partial charge is 0.280 e. The molecular formula is C23H30ClF2N3. The molecule has 3 nitrogen and oxygen atoms in total. The average molecular weight is 422 g/mol. The van der Waals surface area contributed by atoms with Gasteiger partial charge in [0.15, 0.2) is 0 Å². The van der Waals surface area contributed by atoms with Crippen LogP contribution in [0.5, 0.6) is 0 Å². The molecule has 2 saturated carbocycles. The van der Waals surface area contributed by atoms with Gasteiger partial charge in [0.2, 0.25) is 0 Å². The molecule has 158 valence electrons. The van der Waals surface area contributed by atoms with E-state index < -0.39 is 6.43 Å². The van der Waals surface area contributed by atoms with E-state index in [9.17, 15) is 8.78 Å². The number of aryl methyl sites for hydroxylation is 1. The van der Waals surface area contributed by atoms with Gasteiger partial charge in [-0.15, -0.1) is 0 Å². The van der Waals surface area contributed by atoms with Crippen molar-refractivity contribution in [3.8, 4) is 0 Å². The average Bonchev–Trinajstić information content (AvgIpc) is 3.56. The molecule has 0 radical (unpaired) electrons. The fraction of sp³-hybridized carbons (Fsp3) is 0.609. The van der Waals surface area contributed by atoms with Crippen LogP contribution in [0.2, 0.25) is 5.02 Å². The highest BCUT2D eigenvalue weighted by atomic mass is 35.5. The maximum atomic E-state index is 12.8. The van der Waals surface area contributed by atoms with Gasteiger partial charge in [0.25, 0.3) is 6.43 Å². The molecule has 0 bridgehead atoms. The van der Waals surface area contributed by atoms with Crippen LogP contribution in [0, 0.1) is 18.8 Å². The molecule has 0 aromatic carbocycles. The molecule has 2 heterocycles. The summed E-state index contributed by atoms with van der Waals surface area (Å²) in [5, 5.41) is 0.844. The summed E-state index contributed by atoms with van der Waals surface area (Å²) in [6.07, 6.45) is 8.43. The number of hydrogen-bond donors (Lipinski definition) is 0. The number of nitrogens with zero attached hydrogens (tertiary/aromatic N) is 3. The van der Waals surface area contributed by atoms with Gasteiger partial charge in [-0.2, -0.15) is 0 Å². The van der Waals surface area contributed by atoms with Gasteiger partial charge in [-0.05, 0) is 61.0 Å². The summed E-state index contributed by atoms with van der Waals surface area (Å²) in [5.41, 5.74) is 3.40. The van der Waals surface area contributed by atoms with Gasteiger partial charge in [-0.25, -0.2) is 18.7 Å².